The molecule has 0 aliphatic carbocycles. The number of amides is 1. The van der Waals surface area contributed by atoms with Crippen molar-refractivity contribution in [3.63, 3.8) is 0 Å². The Labute approximate surface area is 209 Å². The van der Waals surface area contributed by atoms with Crippen molar-refractivity contribution in [1.29, 1.82) is 0 Å². The highest BCUT2D eigenvalue weighted by atomic mass is 35.5. The summed E-state index contributed by atoms with van der Waals surface area (Å²) in [5.41, 5.74) is 2.47. The number of hydrogen-bond donors (Lipinski definition) is 0. The molecule has 0 spiro atoms. The number of aryl methyl sites for hydroxylation is 2. The largest absolute Gasteiger partial charge is 0.494 e. The molecule has 2 aromatic carbocycles. The van der Waals surface area contributed by atoms with Crippen molar-refractivity contribution in [3.8, 4) is 5.75 Å². The summed E-state index contributed by atoms with van der Waals surface area (Å²) in [6.07, 6.45) is 9.51. The maximum Gasteiger partial charge on any atom is 0.260 e. The third kappa shape index (κ3) is 5.96. The normalized spacial score (nSPS) is 11.1. The molecule has 2 heterocycles. The second-order valence-electron chi connectivity index (χ2n) is 8.26. The van der Waals surface area contributed by atoms with Gasteiger partial charge in [0.2, 0.25) is 0 Å². The summed E-state index contributed by atoms with van der Waals surface area (Å²) in [5, 5.41) is 1.34. The zero-order chi connectivity index (χ0) is 23.9. The molecule has 0 fully saturated rings. The number of anilines is 1. The molecular formula is C26H29ClN4O2S. The maximum absolute atomic E-state index is 13.7. The van der Waals surface area contributed by atoms with E-state index in [9.17, 15) is 4.79 Å². The van der Waals surface area contributed by atoms with Crippen LogP contribution in [0, 0.1) is 6.92 Å². The van der Waals surface area contributed by atoms with Gasteiger partial charge in [0.05, 0.1) is 23.2 Å². The first kappa shape index (κ1) is 24.2. The number of carbonyl (C=O) groups excluding carboxylic acids is 1. The van der Waals surface area contributed by atoms with E-state index >= 15 is 0 Å². The molecule has 4 aromatic rings. The van der Waals surface area contributed by atoms with Gasteiger partial charge in [0.25, 0.3) is 5.91 Å². The topological polar surface area (TPSA) is 60.2 Å². The predicted molar refractivity (Wildman–Crippen MR) is 139 cm³/mol. The third-order valence-electron chi connectivity index (χ3n) is 5.57. The number of benzene rings is 2. The Morgan fingerprint density at radius 3 is 2.88 bits per heavy atom. The Kier molecular flexibility index (Phi) is 8.19. The second kappa shape index (κ2) is 11.5. The molecule has 0 aliphatic heterocycles. The fourth-order valence-corrected chi connectivity index (χ4v) is 5.23. The lowest BCUT2D eigenvalue weighted by Gasteiger charge is -2.20. The number of fused-ring (bicyclic) bond motifs is 1. The van der Waals surface area contributed by atoms with Crippen LogP contribution in [0.4, 0.5) is 5.13 Å². The van der Waals surface area contributed by atoms with Crippen LogP contribution in [-0.4, -0.2) is 33.6 Å². The molecule has 0 aliphatic rings. The summed E-state index contributed by atoms with van der Waals surface area (Å²) < 4.78 is 8.86. The summed E-state index contributed by atoms with van der Waals surface area (Å²) in [7, 11) is 0. The molecule has 0 saturated heterocycles. The summed E-state index contributed by atoms with van der Waals surface area (Å²) in [4.78, 5) is 24.4. The van der Waals surface area contributed by atoms with Gasteiger partial charge in [0.1, 0.15) is 5.75 Å². The molecule has 2 aromatic heterocycles. The van der Waals surface area contributed by atoms with Gasteiger partial charge in [0, 0.05) is 36.1 Å². The van der Waals surface area contributed by atoms with E-state index in [0.717, 1.165) is 48.0 Å². The lowest BCUT2D eigenvalue weighted by Crippen LogP contribution is -2.32. The number of halogens is 1. The fourth-order valence-electron chi connectivity index (χ4n) is 3.79. The molecule has 178 valence electrons. The third-order valence-corrected chi connectivity index (χ3v) is 6.81. The van der Waals surface area contributed by atoms with Gasteiger partial charge in [-0.05, 0) is 55.7 Å². The molecule has 8 heteroatoms. The van der Waals surface area contributed by atoms with Crippen LogP contribution >= 0.6 is 22.9 Å². The summed E-state index contributed by atoms with van der Waals surface area (Å²) in [5.74, 6) is 0.625. The number of nitrogens with zero attached hydrogens (tertiary/aromatic N) is 4. The molecule has 34 heavy (non-hydrogen) atoms. The number of rotatable bonds is 11. The van der Waals surface area contributed by atoms with Crippen LogP contribution < -0.4 is 9.64 Å². The van der Waals surface area contributed by atoms with Crippen molar-refractivity contribution < 1.29 is 9.53 Å². The lowest BCUT2D eigenvalue weighted by atomic mass is 10.2. The van der Waals surface area contributed by atoms with Gasteiger partial charge in [-0.25, -0.2) is 9.97 Å². The van der Waals surface area contributed by atoms with E-state index in [-0.39, 0.29) is 5.91 Å². The summed E-state index contributed by atoms with van der Waals surface area (Å²) in [6.45, 7) is 6.10. The molecule has 0 bridgehead atoms. The highest BCUT2D eigenvalue weighted by molar-refractivity contribution is 7.22. The molecular weight excluding hydrogens is 468 g/mol. The van der Waals surface area contributed by atoms with Crippen molar-refractivity contribution in [2.75, 3.05) is 18.1 Å². The Morgan fingerprint density at radius 2 is 2.09 bits per heavy atom. The van der Waals surface area contributed by atoms with Crippen LogP contribution in [0.2, 0.25) is 5.02 Å². The number of aromatic nitrogens is 3. The molecule has 0 radical (unpaired) electrons. The van der Waals surface area contributed by atoms with Gasteiger partial charge >= 0.3 is 0 Å². The monoisotopic (exact) mass is 496 g/mol. The number of hydrogen-bond acceptors (Lipinski definition) is 5. The van der Waals surface area contributed by atoms with E-state index in [4.69, 9.17) is 21.3 Å². The maximum atomic E-state index is 13.7. The number of unbranched alkanes of at least 4 members (excludes halogenated alkanes) is 2. The zero-order valence-electron chi connectivity index (χ0n) is 19.5. The van der Waals surface area contributed by atoms with Gasteiger partial charge in [-0.1, -0.05) is 48.8 Å². The van der Waals surface area contributed by atoms with Gasteiger partial charge in [-0.15, -0.1) is 0 Å². The number of thiazole rings is 1. The fraction of sp³-hybridized carbons (Fsp3) is 0.346. The zero-order valence-corrected chi connectivity index (χ0v) is 21.1. The number of carbonyl (C=O) groups is 1. The average Bonchev–Trinajstić information content (AvgIpc) is 3.49. The van der Waals surface area contributed by atoms with Gasteiger partial charge in [-0.2, -0.15) is 0 Å². The van der Waals surface area contributed by atoms with Crippen LogP contribution in [0.3, 0.4) is 0 Å². The van der Waals surface area contributed by atoms with Crippen LogP contribution in [0.5, 0.6) is 5.75 Å². The highest BCUT2D eigenvalue weighted by Crippen LogP contribution is 2.34. The lowest BCUT2D eigenvalue weighted by molar-refractivity contribution is 0.0986. The first-order chi connectivity index (χ1) is 16.5. The minimum Gasteiger partial charge on any atom is -0.494 e. The van der Waals surface area contributed by atoms with Crippen LogP contribution in [-0.2, 0) is 6.54 Å². The van der Waals surface area contributed by atoms with Crippen LogP contribution in [0.15, 0.2) is 55.1 Å². The highest BCUT2D eigenvalue weighted by Gasteiger charge is 2.22. The van der Waals surface area contributed by atoms with E-state index in [2.05, 4.69) is 11.9 Å². The van der Waals surface area contributed by atoms with E-state index in [1.807, 2.05) is 54.1 Å². The minimum atomic E-state index is -0.0903. The van der Waals surface area contributed by atoms with E-state index in [0.29, 0.717) is 34.6 Å². The molecule has 1 amide bonds. The van der Waals surface area contributed by atoms with Crippen molar-refractivity contribution in [1.82, 2.24) is 14.5 Å². The van der Waals surface area contributed by atoms with Crippen molar-refractivity contribution in [2.45, 2.75) is 46.1 Å². The molecule has 6 nitrogen and oxygen atoms in total. The predicted octanol–water partition coefficient (Wildman–Crippen LogP) is 6.76. The van der Waals surface area contributed by atoms with E-state index in [1.165, 1.54) is 11.3 Å². The standard InChI is InChI=1S/C26H29ClN4O2S/c1-3-4-5-14-33-22-9-6-8-20(16-22)25(32)31(12-7-11-30-13-10-28-18-30)26-29-24-19(2)15-21(27)17-23(24)34-26/h6,8-10,13,15-18H,3-5,7,11-12,14H2,1-2H3. The average molecular weight is 497 g/mol. The Morgan fingerprint density at radius 1 is 1.21 bits per heavy atom. The Bertz CT molecular complexity index is 1240. The van der Waals surface area contributed by atoms with E-state index < -0.39 is 0 Å². The molecule has 0 unspecified atom stereocenters. The first-order valence-corrected chi connectivity index (χ1v) is 12.8. The van der Waals surface area contributed by atoms with Gasteiger partial charge in [0.15, 0.2) is 5.13 Å². The van der Waals surface area contributed by atoms with Crippen molar-refractivity contribution >= 4 is 44.2 Å². The van der Waals surface area contributed by atoms with Crippen LogP contribution in [0.1, 0.15) is 48.5 Å². The van der Waals surface area contributed by atoms with Crippen LogP contribution in [0.25, 0.3) is 10.2 Å². The number of ether oxygens (including phenoxy) is 1. The Hall–Kier alpha value is -2.90. The Balaban J connectivity index is 1.58. The van der Waals surface area contributed by atoms with E-state index in [1.54, 1.807) is 17.4 Å². The second-order valence-corrected chi connectivity index (χ2v) is 9.71. The molecule has 0 N–H and O–H groups in total. The summed E-state index contributed by atoms with van der Waals surface area (Å²) >= 11 is 7.75. The van der Waals surface area contributed by atoms with Gasteiger partial charge < -0.3 is 9.30 Å². The first-order valence-electron chi connectivity index (χ1n) is 11.6. The smallest absolute Gasteiger partial charge is 0.260 e. The minimum absolute atomic E-state index is 0.0903. The molecule has 0 atom stereocenters. The van der Waals surface area contributed by atoms with Gasteiger partial charge in [-0.3, -0.25) is 9.69 Å². The molecule has 4 rings (SSSR count). The van der Waals surface area contributed by atoms with Crippen molar-refractivity contribution in [2.24, 2.45) is 0 Å². The summed E-state index contributed by atoms with van der Waals surface area (Å²) in [6, 6.07) is 11.2. The van der Waals surface area contributed by atoms with Crippen molar-refractivity contribution in [3.05, 3.63) is 71.3 Å². The quantitative estimate of drug-likeness (QED) is 0.215. The SMILES string of the molecule is CCCCCOc1cccc(C(=O)N(CCCn2ccnc2)c2nc3c(C)cc(Cl)cc3s2)c1. The molecule has 0 saturated carbocycles. The number of imidazole rings is 1.